The zero-order valence-corrected chi connectivity index (χ0v) is 9.00. The number of carbonyl (C=O) groups excluding carboxylic acids is 1. The van der Waals surface area contributed by atoms with Crippen LogP contribution in [0.15, 0.2) is 16.5 Å². The Kier molecular flexibility index (Phi) is 3.48. The molecule has 0 spiro atoms. The summed E-state index contributed by atoms with van der Waals surface area (Å²) >= 11 is 0. The monoisotopic (exact) mass is 232 g/mol. The highest BCUT2D eigenvalue weighted by molar-refractivity contribution is 7.89. The molecule has 0 bridgehead atoms. The molecule has 6 nitrogen and oxygen atoms in total. The standard InChI is InChI=1S/C8H12N2O4S/c1-6-2-3-7(14-6)8(11)10-4-5-15(9,12)13/h2-3H,4-5H2,1H3,(H,10,11)(H2,9,12,13). The summed E-state index contributed by atoms with van der Waals surface area (Å²) in [4.78, 5) is 11.3. The van der Waals surface area contributed by atoms with Gasteiger partial charge in [-0.25, -0.2) is 13.6 Å². The number of carbonyl (C=O) groups is 1. The highest BCUT2D eigenvalue weighted by atomic mass is 32.2. The third kappa shape index (κ3) is 4.13. The Morgan fingerprint density at radius 2 is 2.20 bits per heavy atom. The number of sulfonamides is 1. The lowest BCUT2D eigenvalue weighted by atomic mass is 10.4. The number of aryl methyl sites for hydroxylation is 1. The molecule has 0 unspecified atom stereocenters. The van der Waals surface area contributed by atoms with Gasteiger partial charge >= 0.3 is 0 Å². The first-order chi connectivity index (χ1) is 6.88. The Morgan fingerprint density at radius 1 is 1.53 bits per heavy atom. The van der Waals surface area contributed by atoms with Gasteiger partial charge in [-0.3, -0.25) is 4.79 Å². The van der Waals surface area contributed by atoms with Crippen LogP contribution in [-0.2, 0) is 10.0 Å². The van der Waals surface area contributed by atoms with Crippen molar-refractivity contribution in [3.63, 3.8) is 0 Å². The van der Waals surface area contributed by atoms with E-state index in [2.05, 4.69) is 5.32 Å². The van der Waals surface area contributed by atoms with E-state index >= 15 is 0 Å². The second-order valence-electron chi connectivity index (χ2n) is 3.03. The number of primary sulfonamides is 1. The van der Waals surface area contributed by atoms with Gasteiger partial charge in [0.05, 0.1) is 5.75 Å². The van der Waals surface area contributed by atoms with Gasteiger partial charge in [0.25, 0.3) is 5.91 Å². The fraction of sp³-hybridized carbons (Fsp3) is 0.375. The lowest BCUT2D eigenvalue weighted by Crippen LogP contribution is -2.31. The predicted molar refractivity (Wildman–Crippen MR) is 53.8 cm³/mol. The lowest BCUT2D eigenvalue weighted by Gasteiger charge is -2.01. The normalized spacial score (nSPS) is 11.3. The fourth-order valence-electron chi connectivity index (χ4n) is 0.950. The molecular formula is C8H12N2O4S. The maximum absolute atomic E-state index is 11.3. The first-order valence-electron chi connectivity index (χ1n) is 4.23. The van der Waals surface area contributed by atoms with E-state index in [1.165, 1.54) is 6.07 Å². The van der Waals surface area contributed by atoms with E-state index in [-0.39, 0.29) is 18.1 Å². The number of nitrogens with one attached hydrogen (secondary N) is 1. The Morgan fingerprint density at radius 3 is 2.67 bits per heavy atom. The first kappa shape index (κ1) is 11.7. The van der Waals surface area contributed by atoms with Gasteiger partial charge in [0.2, 0.25) is 10.0 Å². The van der Waals surface area contributed by atoms with E-state index in [1.54, 1.807) is 13.0 Å². The van der Waals surface area contributed by atoms with Crippen LogP contribution in [0.2, 0.25) is 0 Å². The Bertz CT molecular complexity index is 449. The van der Waals surface area contributed by atoms with Gasteiger partial charge in [-0.1, -0.05) is 0 Å². The largest absolute Gasteiger partial charge is 0.456 e. The second-order valence-corrected chi connectivity index (χ2v) is 4.77. The van der Waals surface area contributed by atoms with Crippen molar-refractivity contribution in [3.05, 3.63) is 23.7 Å². The SMILES string of the molecule is Cc1ccc(C(=O)NCCS(N)(=O)=O)o1. The number of amides is 1. The van der Waals surface area contributed by atoms with Gasteiger partial charge in [0.15, 0.2) is 5.76 Å². The summed E-state index contributed by atoms with van der Waals surface area (Å²) in [5.74, 6) is 0.0265. The molecular weight excluding hydrogens is 220 g/mol. The van der Waals surface area contributed by atoms with E-state index in [0.29, 0.717) is 5.76 Å². The van der Waals surface area contributed by atoms with E-state index in [1.807, 2.05) is 0 Å². The molecule has 1 amide bonds. The van der Waals surface area contributed by atoms with Crippen molar-refractivity contribution < 1.29 is 17.6 Å². The molecule has 7 heteroatoms. The molecule has 1 rings (SSSR count). The highest BCUT2D eigenvalue weighted by Crippen LogP contribution is 2.05. The van der Waals surface area contributed by atoms with Crippen LogP contribution >= 0.6 is 0 Å². The summed E-state index contributed by atoms with van der Waals surface area (Å²) in [6, 6.07) is 3.16. The summed E-state index contributed by atoms with van der Waals surface area (Å²) in [6.45, 7) is 1.68. The van der Waals surface area contributed by atoms with Crippen LogP contribution in [0.4, 0.5) is 0 Å². The van der Waals surface area contributed by atoms with Crippen molar-refractivity contribution in [1.82, 2.24) is 5.32 Å². The zero-order chi connectivity index (χ0) is 11.5. The lowest BCUT2D eigenvalue weighted by molar-refractivity contribution is 0.0927. The minimum Gasteiger partial charge on any atom is -0.456 e. The molecule has 0 aliphatic heterocycles. The molecule has 0 saturated heterocycles. The average molecular weight is 232 g/mol. The summed E-state index contributed by atoms with van der Waals surface area (Å²) in [5.41, 5.74) is 0. The Balaban J connectivity index is 2.44. The van der Waals surface area contributed by atoms with Crippen molar-refractivity contribution in [2.24, 2.45) is 5.14 Å². The molecule has 1 aromatic heterocycles. The highest BCUT2D eigenvalue weighted by Gasteiger charge is 2.10. The zero-order valence-electron chi connectivity index (χ0n) is 8.19. The quantitative estimate of drug-likeness (QED) is 0.737. The molecule has 0 aliphatic rings. The molecule has 0 saturated carbocycles. The number of hydrogen-bond donors (Lipinski definition) is 2. The van der Waals surface area contributed by atoms with Crippen LogP contribution in [-0.4, -0.2) is 26.6 Å². The van der Waals surface area contributed by atoms with E-state index in [4.69, 9.17) is 9.56 Å². The predicted octanol–water partition coefficient (Wildman–Crippen LogP) is -0.394. The third-order valence-corrected chi connectivity index (χ3v) is 2.41. The molecule has 0 radical (unpaired) electrons. The molecule has 1 heterocycles. The topological polar surface area (TPSA) is 102 Å². The second kappa shape index (κ2) is 4.45. The van der Waals surface area contributed by atoms with Crippen LogP contribution in [0.25, 0.3) is 0 Å². The number of nitrogens with two attached hydrogens (primary N) is 1. The fourth-order valence-corrected chi connectivity index (χ4v) is 1.34. The van der Waals surface area contributed by atoms with Crippen molar-refractivity contribution >= 4 is 15.9 Å². The van der Waals surface area contributed by atoms with Gasteiger partial charge in [0, 0.05) is 6.54 Å². The molecule has 0 aromatic carbocycles. The molecule has 0 fully saturated rings. The Hall–Kier alpha value is -1.34. The van der Waals surface area contributed by atoms with Gasteiger partial charge in [-0.05, 0) is 19.1 Å². The number of furan rings is 1. The molecule has 0 aliphatic carbocycles. The maximum atomic E-state index is 11.3. The molecule has 15 heavy (non-hydrogen) atoms. The molecule has 3 N–H and O–H groups in total. The van der Waals surface area contributed by atoms with Crippen LogP contribution in [0.1, 0.15) is 16.3 Å². The average Bonchev–Trinajstić information content (AvgIpc) is 2.49. The molecule has 1 aromatic rings. The van der Waals surface area contributed by atoms with E-state index in [0.717, 1.165) is 0 Å². The molecule has 0 atom stereocenters. The number of hydrogen-bond acceptors (Lipinski definition) is 4. The summed E-state index contributed by atoms with van der Waals surface area (Å²) < 4.78 is 26.1. The minimum absolute atomic E-state index is 0.0303. The smallest absolute Gasteiger partial charge is 0.287 e. The Labute approximate surface area is 87.5 Å². The number of rotatable bonds is 4. The van der Waals surface area contributed by atoms with Gasteiger partial charge in [-0.2, -0.15) is 0 Å². The van der Waals surface area contributed by atoms with Crippen LogP contribution in [0.3, 0.4) is 0 Å². The van der Waals surface area contributed by atoms with Crippen LogP contribution < -0.4 is 10.5 Å². The summed E-state index contributed by atoms with van der Waals surface area (Å²) in [5, 5.41) is 7.14. The summed E-state index contributed by atoms with van der Waals surface area (Å²) in [6.07, 6.45) is 0. The van der Waals surface area contributed by atoms with Crippen LogP contribution in [0, 0.1) is 6.92 Å². The van der Waals surface area contributed by atoms with Crippen molar-refractivity contribution in [1.29, 1.82) is 0 Å². The minimum atomic E-state index is -3.54. The van der Waals surface area contributed by atoms with Gasteiger partial charge in [0.1, 0.15) is 5.76 Å². The van der Waals surface area contributed by atoms with Crippen LogP contribution in [0.5, 0.6) is 0 Å². The van der Waals surface area contributed by atoms with Crippen molar-refractivity contribution in [2.45, 2.75) is 6.92 Å². The van der Waals surface area contributed by atoms with Crippen molar-refractivity contribution in [2.75, 3.05) is 12.3 Å². The third-order valence-electron chi connectivity index (χ3n) is 1.64. The van der Waals surface area contributed by atoms with Gasteiger partial charge < -0.3 is 9.73 Å². The van der Waals surface area contributed by atoms with Gasteiger partial charge in [-0.15, -0.1) is 0 Å². The molecule has 84 valence electrons. The van der Waals surface area contributed by atoms with Crippen molar-refractivity contribution in [3.8, 4) is 0 Å². The maximum Gasteiger partial charge on any atom is 0.287 e. The van der Waals surface area contributed by atoms with E-state index < -0.39 is 15.9 Å². The van der Waals surface area contributed by atoms with E-state index in [9.17, 15) is 13.2 Å². The first-order valence-corrected chi connectivity index (χ1v) is 5.95. The summed E-state index contributed by atoms with van der Waals surface area (Å²) in [7, 11) is -3.54.